The summed E-state index contributed by atoms with van der Waals surface area (Å²) in [5, 5.41) is 8.93. The van der Waals surface area contributed by atoms with Crippen molar-refractivity contribution in [3.05, 3.63) is 100 Å². The maximum atomic E-state index is 14.2. The summed E-state index contributed by atoms with van der Waals surface area (Å²) in [7, 11) is 0. The molecule has 49 heavy (non-hydrogen) atoms. The number of pyridine rings is 1. The zero-order valence-corrected chi connectivity index (χ0v) is 27.8. The standard InChI is InChI=1S/C32H30F4N6O2.C5H10/c33-25-12-19(16-37)4-5-22(25)18-44-30-3-1-2-26(40-30)20-8-10-41(11-9-20)17-29-39-27-7-6-21(31(38)43)13-28(27)42(29)24-14-23(15-24)32(34,35)36;1-4-5(2)3/h1-7,12-13,20,23-24H,8-11,14-15,17-18H2,(H2,38,43);4H,1-3H3. The van der Waals surface area contributed by atoms with Gasteiger partial charge in [0.2, 0.25) is 11.8 Å². The van der Waals surface area contributed by atoms with Gasteiger partial charge in [0.25, 0.3) is 0 Å². The van der Waals surface area contributed by atoms with E-state index in [0.29, 0.717) is 40.4 Å². The van der Waals surface area contributed by atoms with Crippen molar-refractivity contribution in [1.82, 2.24) is 19.4 Å². The van der Waals surface area contributed by atoms with Crippen LogP contribution in [-0.2, 0) is 13.2 Å². The molecule has 258 valence electrons. The lowest BCUT2D eigenvalue weighted by Gasteiger charge is -2.39. The smallest absolute Gasteiger partial charge is 0.391 e. The Morgan fingerprint density at radius 3 is 2.41 bits per heavy atom. The predicted octanol–water partition coefficient (Wildman–Crippen LogP) is 7.99. The lowest BCUT2D eigenvalue weighted by molar-refractivity contribution is -0.202. The number of allylic oxidation sites excluding steroid dienone is 2. The molecule has 0 spiro atoms. The molecule has 2 aliphatic rings. The van der Waals surface area contributed by atoms with Crippen molar-refractivity contribution in [2.24, 2.45) is 11.7 Å². The zero-order valence-electron chi connectivity index (χ0n) is 27.8. The molecule has 1 aliphatic heterocycles. The van der Waals surface area contributed by atoms with Crippen LogP contribution in [0.25, 0.3) is 11.0 Å². The highest BCUT2D eigenvalue weighted by Crippen LogP contribution is 2.48. The summed E-state index contributed by atoms with van der Waals surface area (Å²) >= 11 is 0. The zero-order chi connectivity index (χ0) is 35.3. The average molecular weight is 677 g/mol. The number of primary amides is 1. The molecule has 2 fully saturated rings. The second-order valence-corrected chi connectivity index (χ2v) is 12.9. The van der Waals surface area contributed by atoms with Crippen molar-refractivity contribution < 1.29 is 27.1 Å². The second-order valence-electron chi connectivity index (χ2n) is 12.9. The number of imidazole rings is 1. The van der Waals surface area contributed by atoms with Crippen LogP contribution in [0, 0.1) is 23.1 Å². The van der Waals surface area contributed by atoms with Gasteiger partial charge in [0, 0.05) is 34.8 Å². The lowest BCUT2D eigenvalue weighted by Crippen LogP contribution is -2.38. The molecule has 1 amide bonds. The number of fused-ring (bicyclic) bond motifs is 1. The normalized spacial score (nSPS) is 18.2. The SMILES string of the molecule is CC=C(C)C.N#Cc1ccc(COc2cccc(C3CCN(Cc4nc5ccc(C(N)=O)cc5n4C4CC(C(F)(F)F)C4)CC3)n2)c(F)c1. The molecule has 3 heterocycles. The Balaban J connectivity index is 0.000000874. The van der Waals surface area contributed by atoms with E-state index >= 15 is 0 Å². The summed E-state index contributed by atoms with van der Waals surface area (Å²) in [5.41, 5.74) is 9.84. The van der Waals surface area contributed by atoms with Crippen LogP contribution in [0.5, 0.6) is 5.88 Å². The number of halogens is 4. The molecule has 0 radical (unpaired) electrons. The summed E-state index contributed by atoms with van der Waals surface area (Å²) in [4.78, 5) is 23.5. The van der Waals surface area contributed by atoms with Gasteiger partial charge in [-0.15, -0.1) is 0 Å². The first kappa shape index (κ1) is 35.5. The van der Waals surface area contributed by atoms with E-state index in [1.54, 1.807) is 24.3 Å². The Bertz CT molecular complexity index is 1860. The minimum absolute atomic E-state index is 0.0148. The summed E-state index contributed by atoms with van der Waals surface area (Å²) in [6.07, 6.45) is -0.568. The topological polar surface area (TPSA) is 110 Å². The van der Waals surface area contributed by atoms with Crippen LogP contribution in [0.4, 0.5) is 17.6 Å². The van der Waals surface area contributed by atoms with E-state index in [1.165, 1.54) is 23.8 Å². The van der Waals surface area contributed by atoms with E-state index in [-0.39, 0.29) is 37.0 Å². The number of benzene rings is 2. The quantitative estimate of drug-likeness (QED) is 0.150. The van der Waals surface area contributed by atoms with Gasteiger partial charge in [0.05, 0.1) is 35.1 Å². The van der Waals surface area contributed by atoms with Crippen LogP contribution in [0.3, 0.4) is 0 Å². The van der Waals surface area contributed by atoms with Crippen molar-refractivity contribution >= 4 is 16.9 Å². The molecule has 2 aromatic carbocycles. The van der Waals surface area contributed by atoms with Crippen LogP contribution in [0.2, 0.25) is 0 Å². The number of nitrogens with two attached hydrogens (primary N) is 1. The van der Waals surface area contributed by atoms with Crippen molar-refractivity contribution in [1.29, 1.82) is 5.26 Å². The largest absolute Gasteiger partial charge is 0.473 e. The van der Waals surface area contributed by atoms with E-state index in [2.05, 4.69) is 29.8 Å². The van der Waals surface area contributed by atoms with Gasteiger partial charge in [-0.05, 0) is 95.9 Å². The molecule has 2 aromatic heterocycles. The highest BCUT2D eigenvalue weighted by atomic mass is 19.4. The lowest BCUT2D eigenvalue weighted by atomic mass is 9.79. The number of carbonyl (C=O) groups is 1. The van der Waals surface area contributed by atoms with E-state index in [4.69, 9.17) is 20.7 Å². The first-order chi connectivity index (χ1) is 23.4. The van der Waals surface area contributed by atoms with Gasteiger partial charge in [-0.1, -0.05) is 23.8 Å². The van der Waals surface area contributed by atoms with E-state index in [9.17, 15) is 22.4 Å². The Morgan fingerprint density at radius 2 is 1.80 bits per heavy atom. The molecule has 6 rings (SSSR count). The van der Waals surface area contributed by atoms with Gasteiger partial charge in [-0.2, -0.15) is 18.4 Å². The first-order valence-electron chi connectivity index (χ1n) is 16.3. The summed E-state index contributed by atoms with van der Waals surface area (Å²) in [6, 6.07) is 16.2. The molecule has 1 saturated heterocycles. The molecular formula is C37H40F4N6O2. The molecule has 1 aliphatic carbocycles. The Morgan fingerprint density at radius 1 is 1.08 bits per heavy atom. The van der Waals surface area contributed by atoms with Crippen LogP contribution >= 0.6 is 0 Å². The molecule has 0 bridgehead atoms. The van der Waals surface area contributed by atoms with Crippen molar-refractivity contribution in [2.75, 3.05) is 13.1 Å². The van der Waals surface area contributed by atoms with Gasteiger partial charge in [-0.3, -0.25) is 9.69 Å². The average Bonchev–Trinajstić information content (AvgIpc) is 3.40. The molecule has 8 nitrogen and oxygen atoms in total. The third-order valence-electron chi connectivity index (χ3n) is 9.24. The van der Waals surface area contributed by atoms with Gasteiger partial charge in [0.1, 0.15) is 18.2 Å². The number of amides is 1. The van der Waals surface area contributed by atoms with Crippen LogP contribution in [0.15, 0.2) is 66.2 Å². The number of nitriles is 1. The van der Waals surface area contributed by atoms with E-state index < -0.39 is 23.8 Å². The first-order valence-corrected chi connectivity index (χ1v) is 16.3. The van der Waals surface area contributed by atoms with Gasteiger partial charge in [-0.25, -0.2) is 14.4 Å². The monoisotopic (exact) mass is 676 g/mol. The summed E-state index contributed by atoms with van der Waals surface area (Å²) < 4.78 is 61.8. The van der Waals surface area contributed by atoms with Gasteiger partial charge in [0.15, 0.2) is 0 Å². The predicted molar refractivity (Wildman–Crippen MR) is 178 cm³/mol. The molecule has 0 atom stereocenters. The number of likely N-dealkylation sites (tertiary alicyclic amines) is 1. The number of hydrogen-bond acceptors (Lipinski definition) is 6. The fourth-order valence-corrected chi connectivity index (χ4v) is 6.09. The number of alkyl halides is 3. The molecule has 1 saturated carbocycles. The van der Waals surface area contributed by atoms with E-state index in [1.807, 2.05) is 29.7 Å². The number of nitrogens with zero attached hydrogens (tertiary/aromatic N) is 5. The Hall–Kier alpha value is -4.76. The van der Waals surface area contributed by atoms with Crippen LogP contribution in [0.1, 0.15) is 91.4 Å². The number of hydrogen-bond donors (Lipinski definition) is 1. The number of piperidine rings is 1. The van der Waals surface area contributed by atoms with Crippen LogP contribution < -0.4 is 10.5 Å². The Labute approximate surface area is 283 Å². The van der Waals surface area contributed by atoms with Gasteiger partial charge < -0.3 is 15.0 Å². The Kier molecular flexibility index (Phi) is 11.0. The third-order valence-corrected chi connectivity index (χ3v) is 9.24. The summed E-state index contributed by atoms with van der Waals surface area (Å²) in [5.74, 6) is -1.22. The van der Waals surface area contributed by atoms with Crippen molar-refractivity contribution in [3.8, 4) is 11.9 Å². The molecule has 4 aromatic rings. The minimum Gasteiger partial charge on any atom is -0.473 e. The molecule has 12 heteroatoms. The maximum absolute atomic E-state index is 14.2. The van der Waals surface area contributed by atoms with Crippen molar-refractivity contribution in [3.63, 3.8) is 0 Å². The highest BCUT2D eigenvalue weighted by molar-refractivity contribution is 5.96. The number of aromatic nitrogens is 3. The number of carbonyl (C=O) groups excluding carboxylic acids is 1. The molecule has 0 unspecified atom stereocenters. The maximum Gasteiger partial charge on any atom is 0.391 e. The fraction of sp³-hybridized carbons (Fsp3) is 0.405. The third kappa shape index (κ3) is 8.64. The fourth-order valence-electron chi connectivity index (χ4n) is 6.09. The van der Waals surface area contributed by atoms with E-state index in [0.717, 1.165) is 31.6 Å². The second kappa shape index (κ2) is 15.2. The highest BCUT2D eigenvalue weighted by Gasteiger charge is 2.49. The summed E-state index contributed by atoms with van der Waals surface area (Å²) in [6.45, 7) is 8.13. The molecular weight excluding hydrogens is 636 g/mol. The molecule has 2 N–H and O–H groups in total. The van der Waals surface area contributed by atoms with Gasteiger partial charge >= 0.3 is 6.18 Å². The number of ether oxygens (including phenoxy) is 1. The van der Waals surface area contributed by atoms with Crippen molar-refractivity contribution in [2.45, 2.75) is 77.7 Å². The van der Waals surface area contributed by atoms with Crippen LogP contribution in [-0.4, -0.2) is 44.6 Å². The number of rotatable bonds is 8. The minimum atomic E-state index is -4.23.